The molecule has 6 nitrogen and oxygen atoms in total. The number of carbonyl (C=O) groups is 1. The zero-order chi connectivity index (χ0) is 20.8. The van der Waals surface area contributed by atoms with Crippen molar-refractivity contribution in [3.05, 3.63) is 83.2 Å². The van der Waals surface area contributed by atoms with Crippen LogP contribution in [0.25, 0.3) is 0 Å². The van der Waals surface area contributed by atoms with Crippen molar-refractivity contribution < 1.29 is 4.79 Å². The van der Waals surface area contributed by atoms with Crippen LogP contribution >= 0.6 is 0 Å². The number of aromatic nitrogens is 2. The van der Waals surface area contributed by atoms with Crippen LogP contribution in [0.1, 0.15) is 41.2 Å². The van der Waals surface area contributed by atoms with Gasteiger partial charge in [-0.1, -0.05) is 36.4 Å². The molecule has 0 aliphatic carbocycles. The smallest absolute Gasteiger partial charge is 0.273 e. The summed E-state index contributed by atoms with van der Waals surface area (Å²) in [5.74, 6) is 0.176. The first-order valence-electron chi connectivity index (χ1n) is 9.44. The molecule has 3 rings (SSSR count). The van der Waals surface area contributed by atoms with Gasteiger partial charge in [-0.05, 0) is 50.6 Å². The number of benzene rings is 2. The number of nitrogens with one attached hydrogen (secondary N) is 1. The van der Waals surface area contributed by atoms with E-state index in [-0.39, 0.29) is 11.9 Å². The number of nitrogens with zero attached hydrogens (tertiary/aromatic N) is 4. The Hall–Kier alpha value is -3.72. The van der Waals surface area contributed by atoms with E-state index >= 15 is 0 Å². The third-order valence-corrected chi connectivity index (χ3v) is 4.40. The minimum absolute atomic E-state index is 0.0155. The van der Waals surface area contributed by atoms with Gasteiger partial charge in [-0.3, -0.25) is 4.79 Å². The molecule has 0 atom stereocenters. The van der Waals surface area contributed by atoms with Gasteiger partial charge in [-0.25, -0.2) is 9.97 Å². The summed E-state index contributed by atoms with van der Waals surface area (Å²) < 4.78 is 0. The van der Waals surface area contributed by atoms with Gasteiger partial charge >= 0.3 is 0 Å². The van der Waals surface area contributed by atoms with E-state index in [2.05, 4.69) is 21.4 Å². The molecule has 0 saturated heterocycles. The van der Waals surface area contributed by atoms with Gasteiger partial charge in [0.2, 0.25) is 5.95 Å². The molecule has 2 aromatic carbocycles. The lowest BCUT2D eigenvalue weighted by Crippen LogP contribution is -2.37. The highest BCUT2D eigenvalue weighted by Gasteiger charge is 2.21. The van der Waals surface area contributed by atoms with Gasteiger partial charge in [0.25, 0.3) is 5.91 Å². The van der Waals surface area contributed by atoms with E-state index in [1.807, 2.05) is 57.2 Å². The molecule has 0 saturated carbocycles. The molecule has 0 bridgehead atoms. The molecular formula is C23H23N5O. The molecule has 0 aliphatic heterocycles. The van der Waals surface area contributed by atoms with E-state index in [4.69, 9.17) is 5.26 Å². The van der Waals surface area contributed by atoms with Crippen molar-refractivity contribution in [2.75, 3.05) is 5.32 Å². The number of rotatable bonds is 6. The lowest BCUT2D eigenvalue weighted by atomic mass is 10.1. The van der Waals surface area contributed by atoms with Gasteiger partial charge in [0, 0.05) is 24.0 Å². The fraction of sp³-hybridized carbons (Fsp3) is 0.217. The molecule has 1 aromatic heterocycles. The van der Waals surface area contributed by atoms with Gasteiger partial charge in [-0.2, -0.15) is 5.26 Å². The monoisotopic (exact) mass is 385 g/mol. The molecule has 146 valence electrons. The summed E-state index contributed by atoms with van der Waals surface area (Å²) in [6, 6.07) is 20.7. The highest BCUT2D eigenvalue weighted by molar-refractivity contribution is 5.93. The Kier molecular flexibility index (Phi) is 6.20. The van der Waals surface area contributed by atoms with E-state index in [0.717, 1.165) is 5.56 Å². The molecule has 0 unspecified atom stereocenters. The second-order valence-electron chi connectivity index (χ2n) is 7.05. The summed E-state index contributed by atoms with van der Waals surface area (Å²) in [5, 5.41) is 12.2. The lowest BCUT2D eigenvalue weighted by Gasteiger charge is -2.26. The van der Waals surface area contributed by atoms with Crippen LogP contribution in [0, 0.1) is 18.3 Å². The maximum absolute atomic E-state index is 13.2. The highest BCUT2D eigenvalue weighted by Crippen LogP contribution is 2.18. The van der Waals surface area contributed by atoms with Crippen LogP contribution in [0.3, 0.4) is 0 Å². The molecule has 29 heavy (non-hydrogen) atoms. The molecule has 6 heteroatoms. The second-order valence-corrected chi connectivity index (χ2v) is 7.05. The lowest BCUT2D eigenvalue weighted by molar-refractivity contribution is 0.0684. The Morgan fingerprint density at radius 3 is 2.55 bits per heavy atom. The first kappa shape index (κ1) is 20.0. The van der Waals surface area contributed by atoms with Crippen molar-refractivity contribution in [1.29, 1.82) is 5.26 Å². The Labute approximate surface area is 170 Å². The fourth-order valence-electron chi connectivity index (χ4n) is 2.95. The van der Waals surface area contributed by atoms with Gasteiger partial charge in [0.1, 0.15) is 5.69 Å². The van der Waals surface area contributed by atoms with Gasteiger partial charge < -0.3 is 10.2 Å². The first-order valence-corrected chi connectivity index (χ1v) is 9.44. The third kappa shape index (κ3) is 5.17. The van der Waals surface area contributed by atoms with Crippen LogP contribution in [-0.4, -0.2) is 26.8 Å². The average molecular weight is 385 g/mol. The fourth-order valence-corrected chi connectivity index (χ4v) is 2.95. The summed E-state index contributed by atoms with van der Waals surface area (Å²) in [6.07, 6.45) is 0. The molecule has 1 N–H and O–H groups in total. The van der Waals surface area contributed by atoms with Crippen LogP contribution in [0.15, 0.2) is 60.7 Å². The number of amides is 1. The summed E-state index contributed by atoms with van der Waals surface area (Å²) in [7, 11) is 0. The largest absolute Gasteiger partial charge is 0.331 e. The third-order valence-electron chi connectivity index (χ3n) is 4.40. The number of hydrogen-bond acceptors (Lipinski definition) is 5. The van der Waals surface area contributed by atoms with Crippen molar-refractivity contribution in [1.82, 2.24) is 14.9 Å². The topological polar surface area (TPSA) is 81.9 Å². The predicted octanol–water partition coefficient (Wildman–Crippen LogP) is 4.45. The Bertz CT molecular complexity index is 1040. The van der Waals surface area contributed by atoms with Crippen LogP contribution in [0.5, 0.6) is 0 Å². The van der Waals surface area contributed by atoms with E-state index < -0.39 is 0 Å². The summed E-state index contributed by atoms with van der Waals surface area (Å²) >= 11 is 0. The molecule has 0 spiro atoms. The van der Waals surface area contributed by atoms with E-state index in [9.17, 15) is 4.79 Å². The number of hydrogen-bond donors (Lipinski definition) is 1. The molecule has 0 aliphatic rings. The number of anilines is 2. The Balaban J connectivity index is 1.86. The minimum atomic E-state index is -0.150. The highest BCUT2D eigenvalue weighted by atomic mass is 16.2. The number of carbonyl (C=O) groups excluding carboxylic acids is 1. The second kappa shape index (κ2) is 8.98. The summed E-state index contributed by atoms with van der Waals surface area (Å²) in [4.78, 5) is 23.8. The maximum atomic E-state index is 13.2. The average Bonchev–Trinajstić information content (AvgIpc) is 2.72. The number of aryl methyl sites for hydroxylation is 1. The Morgan fingerprint density at radius 1 is 1.10 bits per heavy atom. The summed E-state index contributed by atoms with van der Waals surface area (Å²) in [6.45, 7) is 6.31. The van der Waals surface area contributed by atoms with E-state index in [1.165, 1.54) is 0 Å². The predicted molar refractivity (Wildman–Crippen MR) is 113 cm³/mol. The maximum Gasteiger partial charge on any atom is 0.273 e. The minimum Gasteiger partial charge on any atom is -0.331 e. The van der Waals surface area contributed by atoms with E-state index in [0.29, 0.717) is 35.1 Å². The van der Waals surface area contributed by atoms with Crippen molar-refractivity contribution >= 4 is 17.5 Å². The van der Waals surface area contributed by atoms with E-state index in [1.54, 1.807) is 29.2 Å². The van der Waals surface area contributed by atoms with Crippen molar-refractivity contribution in [3.8, 4) is 6.07 Å². The zero-order valence-corrected chi connectivity index (χ0v) is 16.8. The molecule has 0 radical (unpaired) electrons. The quantitative estimate of drug-likeness (QED) is 0.678. The van der Waals surface area contributed by atoms with Crippen LogP contribution in [-0.2, 0) is 6.54 Å². The van der Waals surface area contributed by atoms with Crippen molar-refractivity contribution in [2.24, 2.45) is 0 Å². The molecule has 0 fully saturated rings. The molecule has 3 aromatic rings. The van der Waals surface area contributed by atoms with Gasteiger partial charge in [0.15, 0.2) is 0 Å². The van der Waals surface area contributed by atoms with Gasteiger partial charge in [0.05, 0.1) is 11.6 Å². The molecular weight excluding hydrogens is 362 g/mol. The molecule has 1 amide bonds. The normalized spacial score (nSPS) is 10.4. The summed E-state index contributed by atoms with van der Waals surface area (Å²) in [5.41, 5.74) is 3.31. The molecule has 1 heterocycles. The zero-order valence-electron chi connectivity index (χ0n) is 16.8. The van der Waals surface area contributed by atoms with Crippen LogP contribution < -0.4 is 5.32 Å². The first-order chi connectivity index (χ1) is 14.0. The SMILES string of the molecule is Cc1cc(C(=O)N(Cc2ccccc2)C(C)C)nc(Nc2cccc(C#N)c2)n1. The van der Waals surface area contributed by atoms with Crippen LogP contribution in [0.2, 0.25) is 0 Å². The van der Waals surface area contributed by atoms with Crippen molar-refractivity contribution in [3.63, 3.8) is 0 Å². The standard InChI is InChI=1S/C23H23N5O/c1-16(2)28(15-18-8-5-4-6-9-18)22(29)21-12-17(3)25-23(27-21)26-20-11-7-10-19(13-20)14-24/h4-13,16H,15H2,1-3H3,(H,25,26,27). The van der Waals surface area contributed by atoms with Crippen LogP contribution in [0.4, 0.5) is 11.6 Å². The Morgan fingerprint density at radius 2 is 1.86 bits per heavy atom. The van der Waals surface area contributed by atoms with Gasteiger partial charge in [-0.15, -0.1) is 0 Å². The van der Waals surface area contributed by atoms with Crippen molar-refractivity contribution in [2.45, 2.75) is 33.4 Å². The number of nitriles is 1.